The Morgan fingerprint density at radius 1 is 1.12 bits per heavy atom. The molecule has 2 atom stereocenters. The van der Waals surface area contributed by atoms with Crippen molar-refractivity contribution in [3.05, 3.63) is 76.6 Å². The molecule has 1 amide bonds. The summed E-state index contributed by atoms with van der Waals surface area (Å²) in [6.07, 6.45) is 4.64. The van der Waals surface area contributed by atoms with Crippen molar-refractivity contribution in [3.63, 3.8) is 0 Å². The van der Waals surface area contributed by atoms with Crippen LogP contribution < -0.4 is 0 Å². The lowest BCUT2D eigenvalue weighted by molar-refractivity contribution is 0.0384. The fourth-order valence-corrected chi connectivity index (χ4v) is 5.69. The van der Waals surface area contributed by atoms with Crippen LogP contribution in [0, 0.1) is 24.4 Å². The number of carbonyl (C=O) groups excluding carboxylic acids is 1. The van der Waals surface area contributed by atoms with Gasteiger partial charge >= 0.3 is 0 Å². The Morgan fingerprint density at radius 2 is 1.88 bits per heavy atom. The molecule has 6 nitrogen and oxygen atoms in total. The van der Waals surface area contributed by atoms with E-state index in [4.69, 9.17) is 0 Å². The van der Waals surface area contributed by atoms with E-state index >= 15 is 0 Å². The number of imidazole rings is 1. The summed E-state index contributed by atoms with van der Waals surface area (Å²) in [5.41, 5.74) is 4.53. The monoisotopic (exact) mass is 465 g/mol. The number of benzene rings is 1. The first kappa shape index (κ1) is 20.9. The number of rotatable bonds is 2. The lowest BCUT2D eigenvalue weighted by Crippen LogP contribution is -2.50. The first-order valence-corrected chi connectivity index (χ1v) is 11.3. The molecule has 0 spiro atoms. The number of aromatic nitrogens is 4. The van der Waals surface area contributed by atoms with Gasteiger partial charge in [0.2, 0.25) is 0 Å². The number of piperidine rings is 1. The average Bonchev–Trinajstić information content (AvgIpc) is 3.38. The average molecular weight is 465 g/mol. The van der Waals surface area contributed by atoms with Gasteiger partial charge < -0.3 is 4.90 Å². The maximum atomic E-state index is 14.0. The molecule has 1 saturated heterocycles. The Labute approximate surface area is 193 Å². The molecule has 0 unspecified atom stereocenters. The Hall–Kier alpha value is -3.62. The highest BCUT2D eigenvalue weighted by molar-refractivity contribution is 5.94. The van der Waals surface area contributed by atoms with Gasteiger partial charge in [-0.2, -0.15) is 5.10 Å². The normalized spacial score (nSPS) is 19.5. The fraction of sp³-hybridized carbons (Fsp3) is 0.320. The first-order valence-electron chi connectivity index (χ1n) is 11.3. The van der Waals surface area contributed by atoms with Crippen molar-refractivity contribution >= 4 is 11.6 Å². The molecule has 2 aliphatic heterocycles. The highest BCUT2D eigenvalue weighted by Crippen LogP contribution is 2.45. The minimum Gasteiger partial charge on any atom is -0.325 e. The van der Waals surface area contributed by atoms with Gasteiger partial charge in [0.15, 0.2) is 17.5 Å². The van der Waals surface area contributed by atoms with Crippen LogP contribution in [0.2, 0.25) is 0 Å². The molecule has 2 aliphatic rings. The van der Waals surface area contributed by atoms with Crippen LogP contribution in [0.15, 0.2) is 36.5 Å². The van der Waals surface area contributed by atoms with Gasteiger partial charge in [0.25, 0.3) is 5.91 Å². The molecule has 174 valence electrons. The summed E-state index contributed by atoms with van der Waals surface area (Å²) >= 11 is 0. The van der Waals surface area contributed by atoms with Crippen LogP contribution in [-0.4, -0.2) is 36.0 Å². The number of pyridine rings is 1. The number of nitrogens with zero attached hydrogens (tertiary/aromatic N) is 5. The van der Waals surface area contributed by atoms with E-state index < -0.39 is 17.5 Å². The van der Waals surface area contributed by atoms with Crippen molar-refractivity contribution in [2.45, 2.75) is 44.7 Å². The smallest absolute Gasteiger partial charge is 0.273 e. The van der Waals surface area contributed by atoms with E-state index in [0.29, 0.717) is 23.5 Å². The SMILES string of the molecule is Cc1cccc2ncc(C(=O)N3[C@@H]4CCC[C@H]3c3nn(C)c(-c5cc(F)c(F)c(F)c5)c3C4)n12. The predicted molar refractivity (Wildman–Crippen MR) is 119 cm³/mol. The van der Waals surface area contributed by atoms with Gasteiger partial charge in [0, 0.05) is 29.9 Å². The summed E-state index contributed by atoms with van der Waals surface area (Å²) in [5.74, 6) is -4.06. The Kier molecular flexibility index (Phi) is 4.59. The Balaban J connectivity index is 1.46. The third kappa shape index (κ3) is 2.92. The highest BCUT2D eigenvalue weighted by Gasteiger charge is 2.44. The molecule has 0 aliphatic carbocycles. The van der Waals surface area contributed by atoms with E-state index in [0.717, 1.165) is 48.3 Å². The quantitative estimate of drug-likeness (QED) is 0.402. The fourth-order valence-electron chi connectivity index (χ4n) is 5.69. The lowest BCUT2D eigenvalue weighted by atomic mass is 9.81. The van der Waals surface area contributed by atoms with Gasteiger partial charge in [0.05, 0.1) is 23.6 Å². The molecule has 0 N–H and O–H groups in total. The molecule has 34 heavy (non-hydrogen) atoms. The molecule has 4 aromatic rings. The minimum atomic E-state index is -1.49. The minimum absolute atomic E-state index is 0.0774. The summed E-state index contributed by atoms with van der Waals surface area (Å²) in [6.45, 7) is 1.94. The van der Waals surface area contributed by atoms with Gasteiger partial charge in [-0.1, -0.05) is 6.07 Å². The number of hydrogen-bond donors (Lipinski definition) is 0. The molecule has 3 aromatic heterocycles. The number of carbonyl (C=O) groups is 1. The molecule has 0 saturated carbocycles. The van der Waals surface area contributed by atoms with Crippen molar-refractivity contribution in [1.29, 1.82) is 0 Å². The van der Waals surface area contributed by atoms with Crippen LogP contribution in [-0.2, 0) is 13.5 Å². The van der Waals surface area contributed by atoms with Crippen molar-refractivity contribution in [2.75, 3.05) is 0 Å². The van der Waals surface area contributed by atoms with Gasteiger partial charge in [-0.05, 0) is 56.9 Å². The number of aryl methyl sites for hydroxylation is 2. The predicted octanol–water partition coefficient (Wildman–Crippen LogP) is 4.75. The van der Waals surface area contributed by atoms with E-state index in [2.05, 4.69) is 10.1 Å². The van der Waals surface area contributed by atoms with Crippen molar-refractivity contribution in [2.24, 2.45) is 7.05 Å². The molecule has 2 bridgehead atoms. The van der Waals surface area contributed by atoms with Crippen LogP contribution in [0.4, 0.5) is 13.2 Å². The van der Waals surface area contributed by atoms with Gasteiger partial charge in [-0.25, -0.2) is 18.2 Å². The summed E-state index contributed by atoms with van der Waals surface area (Å²) in [7, 11) is 1.71. The summed E-state index contributed by atoms with van der Waals surface area (Å²) in [5, 5.41) is 4.69. The first-order chi connectivity index (χ1) is 16.3. The lowest BCUT2D eigenvalue weighted by Gasteiger charge is -2.45. The van der Waals surface area contributed by atoms with E-state index in [1.807, 2.05) is 34.4 Å². The molecular weight excluding hydrogens is 443 g/mol. The second kappa shape index (κ2) is 7.44. The Bertz CT molecular complexity index is 1450. The van der Waals surface area contributed by atoms with Crippen LogP contribution in [0.1, 0.15) is 52.7 Å². The zero-order valence-corrected chi connectivity index (χ0v) is 18.7. The van der Waals surface area contributed by atoms with Crippen molar-refractivity contribution in [3.8, 4) is 11.3 Å². The molecule has 0 radical (unpaired) electrons. The molecule has 1 fully saturated rings. The van der Waals surface area contributed by atoms with E-state index in [-0.39, 0.29) is 23.6 Å². The standard InChI is InChI=1S/C25H22F3N5O/c1-13-5-3-8-21-29-12-20(32(13)21)25(34)33-15-6-4-7-19(33)23-16(11-15)24(31(2)30-23)14-9-17(26)22(28)18(27)10-14/h3,5,8-10,12,15,19H,4,6-7,11H2,1-2H3/t15-,19+/m1/s1. The Morgan fingerprint density at radius 3 is 2.65 bits per heavy atom. The zero-order chi connectivity index (χ0) is 23.7. The third-order valence-corrected chi connectivity index (χ3v) is 7.11. The third-order valence-electron chi connectivity index (χ3n) is 7.11. The molecule has 1 aromatic carbocycles. The van der Waals surface area contributed by atoms with Crippen molar-refractivity contribution in [1.82, 2.24) is 24.1 Å². The van der Waals surface area contributed by atoms with Gasteiger partial charge in [-0.15, -0.1) is 0 Å². The van der Waals surface area contributed by atoms with Crippen molar-refractivity contribution < 1.29 is 18.0 Å². The van der Waals surface area contributed by atoms with Gasteiger partial charge in [-0.3, -0.25) is 13.9 Å². The number of amides is 1. The summed E-state index contributed by atoms with van der Waals surface area (Å²) in [4.78, 5) is 20.1. The largest absolute Gasteiger partial charge is 0.325 e. The highest BCUT2D eigenvalue weighted by atomic mass is 19.2. The van der Waals surface area contributed by atoms with E-state index in [9.17, 15) is 18.0 Å². The maximum absolute atomic E-state index is 14.0. The van der Waals surface area contributed by atoms with E-state index in [1.54, 1.807) is 17.9 Å². The second-order valence-electron chi connectivity index (χ2n) is 9.11. The topological polar surface area (TPSA) is 55.4 Å². The van der Waals surface area contributed by atoms with E-state index in [1.165, 1.54) is 0 Å². The number of hydrogen-bond acceptors (Lipinski definition) is 3. The van der Waals surface area contributed by atoms with Crippen LogP contribution in [0.5, 0.6) is 0 Å². The van der Waals surface area contributed by atoms with Gasteiger partial charge in [0.1, 0.15) is 11.3 Å². The molecule has 6 rings (SSSR count). The van der Waals surface area contributed by atoms with Crippen LogP contribution in [0.3, 0.4) is 0 Å². The zero-order valence-electron chi connectivity index (χ0n) is 18.7. The number of fused-ring (bicyclic) bond motifs is 5. The molecular formula is C25H22F3N5O. The molecule has 5 heterocycles. The molecule has 9 heteroatoms. The summed E-state index contributed by atoms with van der Waals surface area (Å²) < 4.78 is 45.0. The van der Waals surface area contributed by atoms with Crippen LogP contribution >= 0.6 is 0 Å². The number of halogens is 3. The second-order valence-corrected chi connectivity index (χ2v) is 9.11. The van der Waals surface area contributed by atoms with Crippen LogP contribution in [0.25, 0.3) is 16.9 Å². The maximum Gasteiger partial charge on any atom is 0.273 e. The summed E-state index contributed by atoms with van der Waals surface area (Å²) in [6, 6.07) is 7.39.